The van der Waals surface area contributed by atoms with Crippen molar-refractivity contribution in [3.63, 3.8) is 0 Å². The molecule has 0 heterocycles. The van der Waals surface area contributed by atoms with Crippen LogP contribution in [0.2, 0.25) is 0 Å². The fourth-order valence-corrected chi connectivity index (χ4v) is 4.53. The fourth-order valence-electron chi connectivity index (χ4n) is 4.53. The molecule has 0 radical (unpaired) electrons. The van der Waals surface area contributed by atoms with Gasteiger partial charge < -0.3 is 26.0 Å². The number of carbonyl (C=O) groups excluding carboxylic acids is 4. The van der Waals surface area contributed by atoms with Crippen molar-refractivity contribution in [3.05, 3.63) is 70.8 Å². The Labute approximate surface area is 230 Å². The molecule has 2 atom stereocenters. The summed E-state index contributed by atoms with van der Waals surface area (Å²) in [5, 5.41) is 5.62. The van der Waals surface area contributed by atoms with Gasteiger partial charge in [-0.15, -0.1) is 0 Å². The average Bonchev–Trinajstić information content (AvgIpc) is 3.67. The van der Waals surface area contributed by atoms with Gasteiger partial charge in [0.2, 0.25) is 17.7 Å². The molecule has 0 saturated heterocycles. The summed E-state index contributed by atoms with van der Waals surface area (Å²) in [6.45, 7) is 9.34. The molecule has 2 unspecified atom stereocenters. The number of hydrogen-bond acceptors (Lipinski definition) is 5. The number of rotatable bonds is 11. The molecule has 2 aromatic rings. The quantitative estimate of drug-likeness (QED) is 0.402. The smallest absolute Gasteiger partial charge is 0.408 e. The van der Waals surface area contributed by atoms with Crippen LogP contribution in [0.3, 0.4) is 0 Å². The predicted octanol–water partition coefficient (Wildman–Crippen LogP) is 3.81. The zero-order valence-electron chi connectivity index (χ0n) is 23.5. The second-order valence-electron chi connectivity index (χ2n) is 11.2. The van der Waals surface area contributed by atoms with Gasteiger partial charge in [-0.2, -0.15) is 0 Å². The zero-order valence-corrected chi connectivity index (χ0v) is 23.5. The number of benzene rings is 2. The van der Waals surface area contributed by atoms with Crippen LogP contribution in [-0.2, 0) is 25.7 Å². The summed E-state index contributed by atoms with van der Waals surface area (Å²) in [5.41, 5.74) is 8.14. The summed E-state index contributed by atoms with van der Waals surface area (Å²) < 4.78 is 5.38. The van der Waals surface area contributed by atoms with Gasteiger partial charge in [-0.05, 0) is 65.0 Å². The van der Waals surface area contributed by atoms with E-state index in [0.717, 1.165) is 29.5 Å². The van der Waals surface area contributed by atoms with Gasteiger partial charge in [0.1, 0.15) is 17.7 Å². The van der Waals surface area contributed by atoms with E-state index in [1.54, 1.807) is 25.7 Å². The molecule has 0 bridgehead atoms. The normalized spacial score (nSPS) is 14.6. The number of ether oxygens (including phenoxy) is 1. The maximum atomic E-state index is 14.1. The summed E-state index contributed by atoms with van der Waals surface area (Å²) in [6.07, 6.45) is 0.556. The highest BCUT2D eigenvalue weighted by Crippen LogP contribution is 2.36. The van der Waals surface area contributed by atoms with Crippen molar-refractivity contribution in [1.29, 1.82) is 0 Å². The van der Waals surface area contributed by atoms with E-state index in [2.05, 4.69) is 10.6 Å². The van der Waals surface area contributed by atoms with E-state index in [1.165, 1.54) is 0 Å². The van der Waals surface area contributed by atoms with E-state index in [9.17, 15) is 19.2 Å². The van der Waals surface area contributed by atoms with Crippen molar-refractivity contribution in [1.82, 2.24) is 15.5 Å². The molecule has 2 aromatic carbocycles. The Morgan fingerprint density at radius 3 is 2.18 bits per heavy atom. The maximum Gasteiger partial charge on any atom is 0.408 e. The molecule has 0 spiro atoms. The van der Waals surface area contributed by atoms with Crippen molar-refractivity contribution < 1.29 is 23.9 Å². The van der Waals surface area contributed by atoms with Gasteiger partial charge >= 0.3 is 6.09 Å². The molecule has 9 heteroatoms. The molecule has 39 heavy (non-hydrogen) atoms. The number of amides is 4. The van der Waals surface area contributed by atoms with Gasteiger partial charge in [-0.25, -0.2) is 4.79 Å². The second kappa shape index (κ2) is 12.8. The van der Waals surface area contributed by atoms with E-state index in [1.807, 2.05) is 62.4 Å². The number of aryl methyl sites for hydroxylation is 2. The molecule has 1 saturated carbocycles. The Hall–Kier alpha value is -3.88. The number of hydrogen-bond donors (Lipinski definition) is 3. The number of alkyl carbamates (subject to hydrolysis) is 1. The molecule has 210 valence electrons. The summed E-state index contributed by atoms with van der Waals surface area (Å²) >= 11 is 0. The van der Waals surface area contributed by atoms with E-state index >= 15 is 0 Å². The van der Waals surface area contributed by atoms with Crippen molar-refractivity contribution in [3.8, 4) is 0 Å². The first kappa shape index (κ1) is 29.7. The summed E-state index contributed by atoms with van der Waals surface area (Å²) in [4.78, 5) is 53.8. The molecule has 1 fully saturated rings. The lowest BCUT2D eigenvalue weighted by Crippen LogP contribution is -2.54. The number of nitrogens with two attached hydrogens (primary N) is 1. The Kier molecular flexibility index (Phi) is 9.72. The lowest BCUT2D eigenvalue weighted by atomic mass is 9.97. The molecule has 1 aliphatic rings. The minimum atomic E-state index is -1.09. The maximum absolute atomic E-state index is 14.1. The Morgan fingerprint density at radius 2 is 1.64 bits per heavy atom. The highest BCUT2D eigenvalue weighted by atomic mass is 16.6. The van der Waals surface area contributed by atoms with Crippen molar-refractivity contribution in [2.24, 2.45) is 5.73 Å². The highest BCUT2D eigenvalue weighted by Gasteiger charge is 2.44. The van der Waals surface area contributed by atoms with Gasteiger partial charge in [-0.3, -0.25) is 14.4 Å². The van der Waals surface area contributed by atoms with Gasteiger partial charge in [0.25, 0.3) is 0 Å². The SMILES string of the molecule is Cc1cc(C)cc(C(C(=O)NCc2ccccc2)N(C(=O)C(CCC(N)=O)NC(=O)OC(C)(C)C)C2CC2)c1. The minimum Gasteiger partial charge on any atom is -0.444 e. The van der Waals surface area contributed by atoms with Crippen molar-refractivity contribution >= 4 is 23.8 Å². The third kappa shape index (κ3) is 9.12. The monoisotopic (exact) mass is 536 g/mol. The number of nitrogens with one attached hydrogen (secondary N) is 2. The molecule has 0 aliphatic heterocycles. The fraction of sp³-hybridized carbons (Fsp3) is 0.467. The van der Waals surface area contributed by atoms with Crippen molar-refractivity contribution in [2.45, 2.75) is 90.6 Å². The number of nitrogens with zero attached hydrogens (tertiary/aromatic N) is 1. The minimum absolute atomic E-state index is 0.0121. The first-order valence-corrected chi connectivity index (χ1v) is 13.3. The van der Waals surface area contributed by atoms with Gasteiger partial charge in [-0.1, -0.05) is 59.7 Å². The standard InChI is InChI=1S/C30H40N4O5/c1-19-15-20(2)17-22(16-19)26(27(36)32-18-21-9-7-6-8-10-21)34(23-11-12-23)28(37)24(13-14-25(31)35)33-29(38)39-30(3,4)5/h6-10,15-17,23-24,26H,11-14,18H2,1-5H3,(H2,31,35)(H,32,36)(H,33,38). The summed E-state index contributed by atoms with van der Waals surface area (Å²) in [5.74, 6) is -1.37. The molecular formula is C30H40N4O5. The Balaban J connectivity index is 1.97. The predicted molar refractivity (Wildman–Crippen MR) is 148 cm³/mol. The lowest BCUT2D eigenvalue weighted by molar-refractivity contribution is -0.143. The van der Waals surface area contributed by atoms with E-state index < -0.39 is 35.6 Å². The van der Waals surface area contributed by atoms with Crippen LogP contribution in [0.15, 0.2) is 48.5 Å². The van der Waals surface area contributed by atoms with Gasteiger partial charge in [0.05, 0.1) is 0 Å². The van der Waals surface area contributed by atoms with Crippen LogP contribution in [-0.4, -0.2) is 46.4 Å². The molecule has 3 rings (SSSR count). The van der Waals surface area contributed by atoms with Crippen LogP contribution < -0.4 is 16.4 Å². The second-order valence-corrected chi connectivity index (χ2v) is 11.2. The van der Waals surface area contributed by atoms with Crippen LogP contribution in [0.4, 0.5) is 4.79 Å². The highest BCUT2D eigenvalue weighted by molar-refractivity contribution is 5.93. The van der Waals surface area contributed by atoms with Crippen LogP contribution in [0.25, 0.3) is 0 Å². The molecule has 1 aliphatic carbocycles. The Morgan fingerprint density at radius 1 is 1.03 bits per heavy atom. The first-order valence-electron chi connectivity index (χ1n) is 13.3. The molecule has 4 amide bonds. The largest absolute Gasteiger partial charge is 0.444 e. The van der Waals surface area contributed by atoms with Crippen molar-refractivity contribution in [2.75, 3.05) is 0 Å². The molecule has 4 N–H and O–H groups in total. The lowest BCUT2D eigenvalue weighted by Gasteiger charge is -2.35. The van der Waals surface area contributed by atoms with Crippen LogP contribution in [0.1, 0.15) is 74.8 Å². The summed E-state index contributed by atoms with van der Waals surface area (Å²) in [6, 6.07) is 13.1. The molecule has 0 aromatic heterocycles. The third-order valence-electron chi connectivity index (χ3n) is 6.26. The van der Waals surface area contributed by atoms with E-state index in [4.69, 9.17) is 10.5 Å². The third-order valence-corrected chi connectivity index (χ3v) is 6.26. The number of carbonyl (C=O) groups is 4. The molecule has 9 nitrogen and oxygen atoms in total. The zero-order chi connectivity index (χ0) is 28.7. The topological polar surface area (TPSA) is 131 Å². The number of primary amides is 1. The van der Waals surface area contributed by atoms with E-state index in [0.29, 0.717) is 12.1 Å². The summed E-state index contributed by atoms with van der Waals surface area (Å²) in [7, 11) is 0. The van der Waals surface area contributed by atoms with Gasteiger partial charge in [0.15, 0.2) is 0 Å². The van der Waals surface area contributed by atoms with Gasteiger partial charge in [0, 0.05) is 19.0 Å². The van der Waals surface area contributed by atoms with Crippen LogP contribution in [0.5, 0.6) is 0 Å². The average molecular weight is 537 g/mol. The van der Waals surface area contributed by atoms with E-state index in [-0.39, 0.29) is 24.8 Å². The van der Waals surface area contributed by atoms with Crippen LogP contribution in [0, 0.1) is 13.8 Å². The Bertz CT molecular complexity index is 1170. The first-order chi connectivity index (χ1) is 18.3. The molecular weight excluding hydrogens is 496 g/mol. The van der Waals surface area contributed by atoms with Crippen LogP contribution >= 0.6 is 0 Å².